The van der Waals surface area contributed by atoms with Gasteiger partial charge in [0.25, 0.3) is 5.91 Å². The zero-order valence-electron chi connectivity index (χ0n) is 19.3. The number of anilines is 1. The molecule has 1 aliphatic heterocycles. The molecule has 2 aromatic carbocycles. The molecule has 0 saturated carbocycles. The highest BCUT2D eigenvalue weighted by Gasteiger charge is 2.38. The standard InChI is InChI=1S/C26H22N4O4S2/c1-36(33,34)21-7-3-6-20(15-21)25(32)30-13-10-23(30)24(31)29-26-28-22(16-35-26)19-5-2-4-18(14-19)17-8-11-27-12-9-17/h2-9,11-12,14-16,23H,10,13H2,1H3,(H,28,29,31). The maximum atomic E-state index is 12.9. The van der Waals surface area contributed by atoms with Crippen molar-refractivity contribution in [1.29, 1.82) is 0 Å². The lowest BCUT2D eigenvalue weighted by molar-refractivity contribution is -0.123. The number of hydrogen-bond acceptors (Lipinski definition) is 7. The van der Waals surface area contributed by atoms with Crippen molar-refractivity contribution >= 4 is 38.1 Å². The average Bonchev–Trinajstić information content (AvgIpc) is 3.32. The van der Waals surface area contributed by atoms with Crippen molar-refractivity contribution < 1.29 is 18.0 Å². The van der Waals surface area contributed by atoms with Gasteiger partial charge in [-0.05, 0) is 53.9 Å². The summed E-state index contributed by atoms with van der Waals surface area (Å²) in [4.78, 5) is 36.0. The second kappa shape index (κ2) is 9.63. The van der Waals surface area contributed by atoms with Gasteiger partial charge >= 0.3 is 0 Å². The predicted octanol–water partition coefficient (Wildman–Crippen LogP) is 4.13. The molecule has 0 bridgehead atoms. The Bertz CT molecular complexity index is 1550. The van der Waals surface area contributed by atoms with Gasteiger partial charge in [-0.25, -0.2) is 13.4 Å². The Morgan fingerprint density at radius 2 is 1.75 bits per heavy atom. The van der Waals surface area contributed by atoms with Gasteiger partial charge in [0.05, 0.1) is 10.6 Å². The van der Waals surface area contributed by atoms with Gasteiger partial charge in [-0.3, -0.25) is 14.6 Å². The number of thiazole rings is 1. The fourth-order valence-electron chi connectivity index (χ4n) is 3.98. The molecule has 5 rings (SSSR count). The lowest BCUT2D eigenvalue weighted by Crippen LogP contribution is -2.56. The third kappa shape index (κ3) is 4.91. The van der Waals surface area contributed by atoms with Crippen LogP contribution in [0.15, 0.2) is 83.3 Å². The number of pyridine rings is 1. The topological polar surface area (TPSA) is 109 Å². The summed E-state index contributed by atoms with van der Waals surface area (Å²) < 4.78 is 23.7. The summed E-state index contributed by atoms with van der Waals surface area (Å²) in [6.45, 7) is 0.422. The fraction of sp³-hybridized carbons (Fsp3) is 0.154. The van der Waals surface area contributed by atoms with E-state index in [0.29, 0.717) is 18.1 Å². The van der Waals surface area contributed by atoms with Gasteiger partial charge in [0, 0.05) is 41.7 Å². The maximum Gasteiger partial charge on any atom is 0.254 e. The molecule has 0 radical (unpaired) electrons. The first-order chi connectivity index (χ1) is 17.3. The SMILES string of the molecule is CS(=O)(=O)c1cccc(C(=O)N2CCC2C(=O)Nc2nc(-c3cccc(-c4ccncc4)c3)cs2)c1. The highest BCUT2D eigenvalue weighted by Crippen LogP contribution is 2.30. The Kier molecular flexibility index (Phi) is 6.38. The van der Waals surface area contributed by atoms with Gasteiger partial charge in [-0.15, -0.1) is 11.3 Å². The Morgan fingerprint density at radius 1 is 1.00 bits per heavy atom. The largest absolute Gasteiger partial charge is 0.326 e. The quantitative estimate of drug-likeness (QED) is 0.411. The van der Waals surface area contributed by atoms with E-state index >= 15 is 0 Å². The Morgan fingerprint density at radius 3 is 2.47 bits per heavy atom. The van der Waals surface area contributed by atoms with Crippen molar-refractivity contribution in [2.24, 2.45) is 0 Å². The first-order valence-electron chi connectivity index (χ1n) is 11.2. The van der Waals surface area contributed by atoms with Crippen LogP contribution in [0.25, 0.3) is 22.4 Å². The molecule has 3 heterocycles. The van der Waals surface area contributed by atoms with Gasteiger partial charge in [0.15, 0.2) is 15.0 Å². The van der Waals surface area contributed by atoms with Crippen LogP contribution in [0.5, 0.6) is 0 Å². The minimum Gasteiger partial charge on any atom is -0.326 e. The summed E-state index contributed by atoms with van der Waals surface area (Å²) in [6.07, 6.45) is 5.11. The van der Waals surface area contributed by atoms with E-state index in [1.165, 1.54) is 34.4 Å². The highest BCUT2D eigenvalue weighted by molar-refractivity contribution is 7.90. The second-order valence-electron chi connectivity index (χ2n) is 8.45. The van der Waals surface area contributed by atoms with Crippen LogP contribution < -0.4 is 5.32 Å². The first kappa shape index (κ1) is 23.8. The molecule has 4 aromatic rings. The third-order valence-corrected chi connectivity index (χ3v) is 7.87. The van der Waals surface area contributed by atoms with Crippen molar-refractivity contribution in [3.8, 4) is 22.4 Å². The van der Waals surface area contributed by atoms with Crippen molar-refractivity contribution in [1.82, 2.24) is 14.9 Å². The van der Waals surface area contributed by atoms with Gasteiger partial charge in [0.2, 0.25) is 5.91 Å². The van der Waals surface area contributed by atoms with Gasteiger partial charge in [0.1, 0.15) is 6.04 Å². The zero-order valence-corrected chi connectivity index (χ0v) is 20.9. The summed E-state index contributed by atoms with van der Waals surface area (Å²) in [6, 6.07) is 17.1. The van der Waals surface area contributed by atoms with Crippen molar-refractivity contribution in [3.63, 3.8) is 0 Å². The van der Waals surface area contributed by atoms with E-state index in [1.54, 1.807) is 18.5 Å². The molecular weight excluding hydrogens is 496 g/mol. The fourth-order valence-corrected chi connectivity index (χ4v) is 5.37. The Labute approximate surface area is 212 Å². The maximum absolute atomic E-state index is 12.9. The average molecular weight is 519 g/mol. The minimum atomic E-state index is -3.44. The minimum absolute atomic E-state index is 0.0678. The summed E-state index contributed by atoms with van der Waals surface area (Å²) in [5.41, 5.74) is 3.99. The monoisotopic (exact) mass is 518 g/mol. The number of likely N-dealkylation sites (tertiary alicyclic amines) is 1. The van der Waals surface area contributed by atoms with Crippen molar-refractivity contribution in [3.05, 3.63) is 84.0 Å². The van der Waals surface area contributed by atoms with Crippen LogP contribution in [-0.2, 0) is 14.6 Å². The molecule has 182 valence electrons. The normalized spacial score (nSPS) is 15.2. The lowest BCUT2D eigenvalue weighted by Gasteiger charge is -2.39. The molecule has 1 atom stereocenters. The molecule has 2 aromatic heterocycles. The van der Waals surface area contributed by atoms with Crippen LogP contribution in [0, 0.1) is 0 Å². The van der Waals surface area contributed by atoms with E-state index in [4.69, 9.17) is 0 Å². The van der Waals surface area contributed by atoms with Crippen LogP contribution in [-0.4, -0.2) is 53.9 Å². The smallest absolute Gasteiger partial charge is 0.254 e. The van der Waals surface area contributed by atoms with E-state index in [9.17, 15) is 18.0 Å². The van der Waals surface area contributed by atoms with Crippen molar-refractivity contribution in [2.75, 3.05) is 18.1 Å². The summed E-state index contributed by atoms with van der Waals surface area (Å²) in [7, 11) is -3.44. The molecule has 0 aliphatic carbocycles. The van der Waals surface area contributed by atoms with Crippen LogP contribution in [0.4, 0.5) is 5.13 Å². The summed E-state index contributed by atoms with van der Waals surface area (Å²) >= 11 is 1.31. The number of nitrogens with one attached hydrogen (secondary N) is 1. The van der Waals surface area contributed by atoms with Crippen LogP contribution in [0.3, 0.4) is 0 Å². The molecule has 8 nitrogen and oxygen atoms in total. The van der Waals surface area contributed by atoms with Crippen molar-refractivity contribution in [2.45, 2.75) is 17.4 Å². The number of benzene rings is 2. The van der Waals surface area contributed by atoms with E-state index in [-0.39, 0.29) is 22.3 Å². The molecule has 2 amide bonds. The number of hydrogen-bond donors (Lipinski definition) is 1. The number of sulfone groups is 1. The van der Waals surface area contributed by atoms with Crippen LogP contribution >= 0.6 is 11.3 Å². The van der Waals surface area contributed by atoms with Gasteiger partial charge in [-0.2, -0.15) is 0 Å². The number of carbonyl (C=O) groups excluding carboxylic acids is 2. The van der Waals surface area contributed by atoms with Crippen LogP contribution in [0.2, 0.25) is 0 Å². The second-order valence-corrected chi connectivity index (χ2v) is 11.3. The van der Waals surface area contributed by atoms with Crippen LogP contribution in [0.1, 0.15) is 16.8 Å². The van der Waals surface area contributed by atoms with E-state index in [1.807, 2.05) is 41.8 Å². The molecule has 1 unspecified atom stereocenters. The number of amides is 2. The van der Waals surface area contributed by atoms with E-state index in [2.05, 4.69) is 15.3 Å². The zero-order chi connectivity index (χ0) is 25.3. The Hall–Kier alpha value is -3.89. The predicted molar refractivity (Wildman–Crippen MR) is 138 cm³/mol. The Balaban J connectivity index is 1.28. The number of carbonyl (C=O) groups is 2. The number of nitrogens with zero attached hydrogens (tertiary/aromatic N) is 3. The van der Waals surface area contributed by atoms with Gasteiger partial charge < -0.3 is 10.2 Å². The number of aromatic nitrogens is 2. The molecule has 36 heavy (non-hydrogen) atoms. The molecule has 1 saturated heterocycles. The third-order valence-electron chi connectivity index (χ3n) is 6.00. The molecule has 1 N–H and O–H groups in total. The lowest BCUT2D eigenvalue weighted by atomic mass is 10.0. The van der Waals surface area contributed by atoms with E-state index < -0.39 is 15.9 Å². The van der Waals surface area contributed by atoms with Gasteiger partial charge in [-0.1, -0.05) is 24.3 Å². The molecule has 10 heteroatoms. The first-order valence-corrected chi connectivity index (χ1v) is 13.9. The molecule has 1 fully saturated rings. The summed E-state index contributed by atoms with van der Waals surface area (Å²) in [5, 5.41) is 5.15. The summed E-state index contributed by atoms with van der Waals surface area (Å²) in [5.74, 6) is -0.694. The molecule has 0 spiro atoms. The van der Waals surface area contributed by atoms with E-state index in [0.717, 1.165) is 28.6 Å². The molecule has 1 aliphatic rings. The molecular formula is C26H22N4O4S2. The number of rotatable bonds is 6. The highest BCUT2D eigenvalue weighted by atomic mass is 32.2.